The number of alkyl halides is 1. The Morgan fingerprint density at radius 1 is 1.05 bits per heavy atom. The molecule has 2 rings (SSSR count). The molecule has 2 aromatic carbocycles. The second-order valence-electron chi connectivity index (χ2n) is 4.15. The first kappa shape index (κ1) is 15.5. The number of ether oxygens (including phenoxy) is 2. The highest BCUT2D eigenvalue weighted by molar-refractivity contribution is 9.08. The van der Waals surface area contributed by atoms with Crippen molar-refractivity contribution in [3.8, 4) is 11.5 Å². The van der Waals surface area contributed by atoms with Gasteiger partial charge in [0.1, 0.15) is 6.61 Å². The Labute approximate surface area is 136 Å². The maximum Gasteiger partial charge on any atom is 0.165 e. The Bertz CT molecular complexity index is 560. The van der Waals surface area contributed by atoms with E-state index in [1.165, 1.54) is 0 Å². The first-order valence-electron chi connectivity index (χ1n) is 5.93. The van der Waals surface area contributed by atoms with Crippen molar-refractivity contribution in [3.05, 3.63) is 57.6 Å². The van der Waals surface area contributed by atoms with Crippen molar-refractivity contribution >= 4 is 39.1 Å². The minimum atomic E-state index is 0.440. The van der Waals surface area contributed by atoms with E-state index in [0.717, 1.165) is 11.1 Å². The number of halogens is 3. The SMILES string of the molecule is COc1cc(Cl)cc(CBr)c1OCc1ccc(Cl)cc1. The third-order valence-electron chi connectivity index (χ3n) is 2.76. The number of hydrogen-bond acceptors (Lipinski definition) is 2. The standard InChI is InChI=1S/C15H13BrCl2O2/c1-19-14-7-13(18)6-11(8-16)15(14)20-9-10-2-4-12(17)5-3-10/h2-7H,8-9H2,1H3. The molecule has 0 saturated heterocycles. The molecule has 0 fully saturated rings. The minimum absolute atomic E-state index is 0.440. The van der Waals surface area contributed by atoms with Crippen molar-refractivity contribution in [2.75, 3.05) is 7.11 Å². The molecule has 0 spiro atoms. The Morgan fingerprint density at radius 3 is 2.35 bits per heavy atom. The van der Waals surface area contributed by atoms with Crippen molar-refractivity contribution in [3.63, 3.8) is 0 Å². The summed E-state index contributed by atoms with van der Waals surface area (Å²) in [6, 6.07) is 11.1. The van der Waals surface area contributed by atoms with Crippen LogP contribution in [-0.4, -0.2) is 7.11 Å². The van der Waals surface area contributed by atoms with Gasteiger partial charge in [-0.1, -0.05) is 51.3 Å². The smallest absolute Gasteiger partial charge is 0.165 e. The molecule has 0 N–H and O–H groups in total. The zero-order valence-corrected chi connectivity index (χ0v) is 13.9. The van der Waals surface area contributed by atoms with Gasteiger partial charge in [-0.05, 0) is 23.8 Å². The minimum Gasteiger partial charge on any atom is -0.493 e. The fourth-order valence-electron chi connectivity index (χ4n) is 1.77. The van der Waals surface area contributed by atoms with Gasteiger partial charge in [-0.2, -0.15) is 0 Å². The Morgan fingerprint density at radius 2 is 1.75 bits per heavy atom. The van der Waals surface area contributed by atoms with Crippen LogP contribution in [0, 0.1) is 0 Å². The number of benzene rings is 2. The molecular formula is C15H13BrCl2O2. The maximum atomic E-state index is 6.04. The average Bonchev–Trinajstić information content (AvgIpc) is 2.46. The fraction of sp³-hybridized carbons (Fsp3) is 0.200. The normalized spacial score (nSPS) is 10.4. The predicted octanol–water partition coefficient (Wildman–Crippen LogP) is 5.48. The van der Waals surface area contributed by atoms with Gasteiger partial charge >= 0.3 is 0 Å². The molecule has 0 saturated carbocycles. The maximum absolute atomic E-state index is 6.04. The van der Waals surface area contributed by atoms with Crippen LogP contribution in [0.1, 0.15) is 11.1 Å². The summed E-state index contributed by atoms with van der Waals surface area (Å²) in [7, 11) is 1.60. The molecule has 0 radical (unpaired) electrons. The Kier molecular flexibility index (Phi) is 5.58. The van der Waals surface area contributed by atoms with Crippen LogP contribution in [0.2, 0.25) is 10.0 Å². The average molecular weight is 376 g/mol. The molecule has 0 aliphatic rings. The third kappa shape index (κ3) is 3.81. The van der Waals surface area contributed by atoms with Gasteiger partial charge in [0.05, 0.1) is 7.11 Å². The van der Waals surface area contributed by atoms with Crippen LogP contribution in [0.15, 0.2) is 36.4 Å². The molecule has 0 aliphatic heterocycles. The topological polar surface area (TPSA) is 18.5 Å². The number of methoxy groups -OCH3 is 1. The predicted molar refractivity (Wildman–Crippen MR) is 86.4 cm³/mol. The van der Waals surface area contributed by atoms with Gasteiger partial charge in [0, 0.05) is 27.0 Å². The van der Waals surface area contributed by atoms with Crippen molar-refractivity contribution in [1.29, 1.82) is 0 Å². The summed E-state index contributed by atoms with van der Waals surface area (Å²) in [5, 5.41) is 1.97. The molecule has 2 nitrogen and oxygen atoms in total. The van der Waals surface area contributed by atoms with E-state index >= 15 is 0 Å². The molecule has 20 heavy (non-hydrogen) atoms. The lowest BCUT2D eigenvalue weighted by molar-refractivity contribution is 0.282. The summed E-state index contributed by atoms with van der Waals surface area (Å²) in [6.07, 6.45) is 0. The Balaban J connectivity index is 2.21. The van der Waals surface area contributed by atoms with Gasteiger partial charge < -0.3 is 9.47 Å². The third-order valence-corrected chi connectivity index (χ3v) is 3.83. The van der Waals surface area contributed by atoms with E-state index in [2.05, 4.69) is 15.9 Å². The van der Waals surface area contributed by atoms with Crippen molar-refractivity contribution in [2.45, 2.75) is 11.9 Å². The van der Waals surface area contributed by atoms with Crippen LogP contribution in [0.5, 0.6) is 11.5 Å². The quantitative estimate of drug-likeness (QED) is 0.644. The number of hydrogen-bond donors (Lipinski definition) is 0. The second-order valence-corrected chi connectivity index (χ2v) is 5.58. The van der Waals surface area contributed by atoms with Gasteiger partial charge in [-0.25, -0.2) is 0 Å². The highest BCUT2D eigenvalue weighted by Gasteiger charge is 2.12. The second kappa shape index (κ2) is 7.21. The summed E-state index contributed by atoms with van der Waals surface area (Å²) < 4.78 is 11.2. The Hall–Kier alpha value is -0.900. The summed E-state index contributed by atoms with van der Waals surface area (Å²) in [5.74, 6) is 1.32. The van der Waals surface area contributed by atoms with Crippen LogP contribution in [-0.2, 0) is 11.9 Å². The van der Waals surface area contributed by atoms with Crippen LogP contribution in [0.4, 0.5) is 0 Å². The van der Waals surface area contributed by atoms with Gasteiger partial charge in [0.15, 0.2) is 11.5 Å². The lowest BCUT2D eigenvalue weighted by Gasteiger charge is -2.14. The molecular weight excluding hydrogens is 363 g/mol. The largest absolute Gasteiger partial charge is 0.493 e. The van der Waals surface area contributed by atoms with Gasteiger partial charge in [0.2, 0.25) is 0 Å². The molecule has 0 aromatic heterocycles. The summed E-state index contributed by atoms with van der Waals surface area (Å²) in [5.41, 5.74) is 1.98. The molecule has 5 heteroatoms. The lowest BCUT2D eigenvalue weighted by atomic mass is 10.2. The fourth-order valence-corrected chi connectivity index (χ4v) is 2.55. The molecule has 0 aliphatic carbocycles. The molecule has 2 aromatic rings. The van der Waals surface area contributed by atoms with E-state index in [1.54, 1.807) is 13.2 Å². The van der Waals surface area contributed by atoms with Crippen molar-refractivity contribution in [1.82, 2.24) is 0 Å². The molecule has 0 amide bonds. The van der Waals surface area contributed by atoms with Gasteiger partial charge in [-0.15, -0.1) is 0 Å². The first-order valence-corrected chi connectivity index (χ1v) is 7.81. The zero-order valence-electron chi connectivity index (χ0n) is 10.8. The summed E-state index contributed by atoms with van der Waals surface area (Å²) in [4.78, 5) is 0. The van der Waals surface area contributed by atoms with E-state index in [4.69, 9.17) is 32.7 Å². The van der Waals surface area contributed by atoms with E-state index in [-0.39, 0.29) is 0 Å². The summed E-state index contributed by atoms with van der Waals surface area (Å²) in [6.45, 7) is 0.440. The first-order chi connectivity index (χ1) is 9.63. The van der Waals surface area contributed by atoms with Crippen LogP contribution in [0.25, 0.3) is 0 Å². The van der Waals surface area contributed by atoms with Gasteiger partial charge in [-0.3, -0.25) is 0 Å². The van der Waals surface area contributed by atoms with Crippen molar-refractivity contribution in [2.24, 2.45) is 0 Å². The summed E-state index contributed by atoms with van der Waals surface area (Å²) >= 11 is 15.3. The zero-order chi connectivity index (χ0) is 14.5. The van der Waals surface area contributed by atoms with E-state index in [1.807, 2.05) is 30.3 Å². The van der Waals surface area contributed by atoms with E-state index < -0.39 is 0 Å². The van der Waals surface area contributed by atoms with Crippen molar-refractivity contribution < 1.29 is 9.47 Å². The van der Waals surface area contributed by atoms with Crippen LogP contribution < -0.4 is 9.47 Å². The highest BCUT2D eigenvalue weighted by Crippen LogP contribution is 2.36. The monoisotopic (exact) mass is 374 g/mol. The molecule has 0 bridgehead atoms. The number of rotatable bonds is 5. The van der Waals surface area contributed by atoms with Crippen LogP contribution in [0.3, 0.4) is 0 Å². The van der Waals surface area contributed by atoms with E-state index in [0.29, 0.717) is 33.5 Å². The molecule has 0 heterocycles. The van der Waals surface area contributed by atoms with Gasteiger partial charge in [0.25, 0.3) is 0 Å². The highest BCUT2D eigenvalue weighted by atomic mass is 79.9. The van der Waals surface area contributed by atoms with E-state index in [9.17, 15) is 0 Å². The molecule has 0 unspecified atom stereocenters. The molecule has 0 atom stereocenters. The molecule has 106 valence electrons. The van der Waals surface area contributed by atoms with Crippen LogP contribution >= 0.6 is 39.1 Å². The lowest BCUT2D eigenvalue weighted by Crippen LogP contribution is -2.00.